The molecular formula is C15H13N7O2. The van der Waals surface area contributed by atoms with Gasteiger partial charge in [-0.3, -0.25) is 4.79 Å². The third-order valence-electron chi connectivity index (χ3n) is 3.66. The Morgan fingerprint density at radius 1 is 1.21 bits per heavy atom. The van der Waals surface area contributed by atoms with Crippen molar-refractivity contribution in [2.24, 2.45) is 0 Å². The summed E-state index contributed by atoms with van der Waals surface area (Å²) in [5.74, 6) is 0.148. The topological polar surface area (TPSA) is 99.6 Å². The predicted molar refractivity (Wildman–Crippen MR) is 83.1 cm³/mol. The fraction of sp³-hybridized carbons (Fsp3) is 0.200. The lowest BCUT2D eigenvalue weighted by Gasteiger charge is -2.12. The fourth-order valence-corrected chi connectivity index (χ4v) is 2.71. The van der Waals surface area contributed by atoms with Crippen LogP contribution in [0.2, 0.25) is 0 Å². The van der Waals surface area contributed by atoms with Crippen LogP contribution in [0.5, 0.6) is 0 Å². The minimum absolute atomic E-state index is 0.241. The quantitative estimate of drug-likeness (QED) is 0.515. The average molecular weight is 323 g/mol. The van der Waals surface area contributed by atoms with Crippen molar-refractivity contribution in [3.8, 4) is 11.3 Å². The van der Waals surface area contributed by atoms with Gasteiger partial charge in [-0.1, -0.05) is 35.4 Å². The van der Waals surface area contributed by atoms with Crippen LogP contribution in [0.15, 0.2) is 36.7 Å². The van der Waals surface area contributed by atoms with E-state index in [2.05, 4.69) is 25.6 Å². The lowest BCUT2D eigenvalue weighted by atomic mass is 10.0. The van der Waals surface area contributed by atoms with Crippen LogP contribution in [0, 0.1) is 0 Å². The van der Waals surface area contributed by atoms with Gasteiger partial charge < -0.3 is 4.74 Å². The van der Waals surface area contributed by atoms with E-state index in [4.69, 9.17) is 4.74 Å². The number of esters is 1. The molecule has 9 heteroatoms. The first-order valence-electron chi connectivity index (χ1n) is 7.37. The molecule has 1 aromatic carbocycles. The fourth-order valence-electron chi connectivity index (χ4n) is 2.71. The van der Waals surface area contributed by atoms with Gasteiger partial charge in [0.1, 0.15) is 6.33 Å². The summed E-state index contributed by atoms with van der Waals surface area (Å²) < 4.78 is 8.30. The second-order valence-electron chi connectivity index (χ2n) is 5.17. The smallest absolute Gasteiger partial charge is 0.302 e. The molecule has 0 aliphatic heterocycles. The van der Waals surface area contributed by atoms with Gasteiger partial charge in [0.2, 0.25) is 0 Å². The summed E-state index contributed by atoms with van der Waals surface area (Å²) in [6.07, 6.45) is 1.93. The van der Waals surface area contributed by atoms with Gasteiger partial charge in [0.15, 0.2) is 5.65 Å². The Morgan fingerprint density at radius 3 is 2.83 bits per heavy atom. The number of hydrogen-bond acceptors (Lipinski definition) is 7. The highest BCUT2D eigenvalue weighted by Gasteiger charge is 2.20. The Balaban J connectivity index is 1.98. The molecule has 0 amide bonds. The van der Waals surface area contributed by atoms with Gasteiger partial charge in [-0.2, -0.15) is 14.1 Å². The predicted octanol–water partition coefficient (Wildman–Crippen LogP) is 0.940. The number of aromatic nitrogens is 7. The molecule has 0 aliphatic rings. The van der Waals surface area contributed by atoms with Gasteiger partial charge in [0, 0.05) is 24.5 Å². The monoisotopic (exact) mass is 323 g/mol. The lowest BCUT2D eigenvalue weighted by molar-refractivity contribution is -0.140. The lowest BCUT2D eigenvalue weighted by Crippen LogP contribution is -2.11. The SMILES string of the molecule is CC(=O)OCCc1c(-c2ccccc2)n2nnnc2n2ncnc12. The van der Waals surface area contributed by atoms with Gasteiger partial charge in [-0.15, -0.1) is 0 Å². The molecule has 0 unspecified atom stereocenters. The Hall–Kier alpha value is -3.36. The number of benzene rings is 1. The van der Waals surface area contributed by atoms with Gasteiger partial charge in [-0.25, -0.2) is 4.98 Å². The summed E-state index contributed by atoms with van der Waals surface area (Å²) in [6.45, 7) is 1.63. The number of hydrogen-bond donors (Lipinski definition) is 0. The summed E-state index contributed by atoms with van der Waals surface area (Å²) in [7, 11) is 0. The number of tetrazole rings is 1. The van der Waals surface area contributed by atoms with Gasteiger partial charge in [0.25, 0.3) is 5.78 Å². The van der Waals surface area contributed by atoms with Crippen LogP contribution in [0.25, 0.3) is 22.7 Å². The van der Waals surface area contributed by atoms with E-state index in [0.717, 1.165) is 16.8 Å². The molecule has 0 saturated carbocycles. The maximum atomic E-state index is 11.1. The summed E-state index contributed by atoms with van der Waals surface area (Å²) in [5, 5.41) is 16.1. The minimum Gasteiger partial charge on any atom is -0.466 e. The highest BCUT2D eigenvalue weighted by atomic mass is 16.5. The van der Waals surface area contributed by atoms with Crippen molar-refractivity contribution in [3.63, 3.8) is 0 Å². The van der Waals surface area contributed by atoms with Gasteiger partial charge >= 0.3 is 5.97 Å². The van der Waals surface area contributed by atoms with E-state index in [1.165, 1.54) is 13.3 Å². The van der Waals surface area contributed by atoms with Crippen molar-refractivity contribution in [2.75, 3.05) is 6.61 Å². The first-order valence-corrected chi connectivity index (χ1v) is 7.37. The van der Waals surface area contributed by atoms with Crippen molar-refractivity contribution in [1.29, 1.82) is 0 Å². The normalized spacial score (nSPS) is 11.2. The molecule has 0 N–H and O–H groups in total. The Labute approximate surface area is 135 Å². The van der Waals surface area contributed by atoms with Crippen LogP contribution in [0.4, 0.5) is 0 Å². The summed E-state index contributed by atoms with van der Waals surface area (Å²) in [5.41, 5.74) is 3.25. The Bertz CT molecular complexity index is 1020. The van der Waals surface area contributed by atoms with Crippen molar-refractivity contribution < 1.29 is 9.53 Å². The standard InChI is InChI=1S/C15H13N7O2/c1-10(23)24-8-7-12-13(11-5-3-2-4-6-11)21-15(18-19-20-21)22-14(12)16-9-17-22/h2-6,9H,7-8H2,1H3. The van der Waals surface area contributed by atoms with Crippen LogP contribution in [0.3, 0.4) is 0 Å². The first-order chi connectivity index (χ1) is 11.8. The van der Waals surface area contributed by atoms with Gasteiger partial charge in [-0.05, 0) is 10.4 Å². The van der Waals surface area contributed by atoms with Crippen molar-refractivity contribution in [2.45, 2.75) is 13.3 Å². The second kappa shape index (κ2) is 5.69. The van der Waals surface area contributed by atoms with Gasteiger partial charge in [0.05, 0.1) is 12.3 Å². The van der Waals surface area contributed by atoms with Crippen molar-refractivity contribution in [3.05, 3.63) is 42.2 Å². The van der Waals surface area contributed by atoms with Crippen LogP contribution >= 0.6 is 0 Å². The summed E-state index contributed by atoms with van der Waals surface area (Å²) in [4.78, 5) is 15.4. The largest absolute Gasteiger partial charge is 0.466 e. The first kappa shape index (κ1) is 14.2. The zero-order chi connectivity index (χ0) is 16.5. The zero-order valence-corrected chi connectivity index (χ0v) is 12.8. The highest BCUT2D eigenvalue weighted by molar-refractivity contribution is 5.73. The highest BCUT2D eigenvalue weighted by Crippen LogP contribution is 2.27. The van der Waals surface area contributed by atoms with E-state index >= 15 is 0 Å². The molecule has 0 fully saturated rings. The number of nitrogens with zero attached hydrogens (tertiary/aromatic N) is 7. The second-order valence-corrected chi connectivity index (χ2v) is 5.17. The minimum atomic E-state index is -0.322. The summed E-state index contributed by atoms with van der Waals surface area (Å²) in [6, 6.07) is 9.76. The molecule has 0 atom stereocenters. The van der Waals surface area contributed by atoms with E-state index in [9.17, 15) is 4.79 Å². The van der Waals surface area contributed by atoms with E-state index in [1.54, 1.807) is 9.03 Å². The molecule has 24 heavy (non-hydrogen) atoms. The third-order valence-corrected chi connectivity index (χ3v) is 3.66. The molecule has 9 nitrogen and oxygen atoms in total. The molecule has 120 valence electrons. The van der Waals surface area contributed by atoms with E-state index in [-0.39, 0.29) is 12.6 Å². The maximum absolute atomic E-state index is 11.1. The number of ether oxygens (including phenoxy) is 1. The maximum Gasteiger partial charge on any atom is 0.302 e. The Kier molecular flexibility index (Phi) is 3.38. The van der Waals surface area contributed by atoms with Crippen molar-refractivity contribution >= 4 is 17.4 Å². The summed E-state index contributed by atoms with van der Waals surface area (Å²) >= 11 is 0. The molecule has 3 aromatic heterocycles. The zero-order valence-electron chi connectivity index (χ0n) is 12.8. The molecule has 0 radical (unpaired) electrons. The van der Waals surface area contributed by atoms with Crippen LogP contribution < -0.4 is 0 Å². The number of carbonyl (C=O) groups is 1. The molecular weight excluding hydrogens is 310 g/mol. The van der Waals surface area contributed by atoms with E-state index < -0.39 is 0 Å². The number of rotatable bonds is 4. The molecule has 0 saturated heterocycles. The molecule has 3 heterocycles. The Morgan fingerprint density at radius 2 is 2.04 bits per heavy atom. The van der Waals surface area contributed by atoms with Crippen LogP contribution in [-0.4, -0.2) is 47.2 Å². The van der Waals surface area contributed by atoms with Crippen LogP contribution in [-0.2, 0) is 16.0 Å². The molecule has 0 aliphatic carbocycles. The third kappa shape index (κ3) is 2.26. The number of fused-ring (bicyclic) bond motifs is 3. The molecule has 4 aromatic rings. The molecule has 0 spiro atoms. The van der Waals surface area contributed by atoms with E-state index in [1.807, 2.05) is 30.3 Å². The van der Waals surface area contributed by atoms with Crippen LogP contribution in [0.1, 0.15) is 12.5 Å². The van der Waals surface area contributed by atoms with Crippen molar-refractivity contribution in [1.82, 2.24) is 34.6 Å². The van der Waals surface area contributed by atoms with E-state index in [0.29, 0.717) is 17.8 Å². The molecule has 4 rings (SSSR count). The number of carbonyl (C=O) groups excluding carboxylic acids is 1. The molecule has 0 bridgehead atoms. The average Bonchev–Trinajstić information content (AvgIpc) is 3.24.